The Kier molecular flexibility index (Phi) is 7.85. The molecule has 1 aliphatic heterocycles. The number of rotatable bonds is 7. The number of sulfonamides is 1. The van der Waals surface area contributed by atoms with E-state index in [4.69, 9.17) is 4.74 Å². The summed E-state index contributed by atoms with van der Waals surface area (Å²) in [4.78, 5) is 26.6. The highest BCUT2D eigenvalue weighted by Crippen LogP contribution is 2.28. The van der Waals surface area contributed by atoms with E-state index in [0.29, 0.717) is 12.0 Å². The van der Waals surface area contributed by atoms with Crippen LogP contribution in [0, 0.1) is 6.92 Å². The zero-order valence-corrected chi connectivity index (χ0v) is 22.7. The van der Waals surface area contributed by atoms with Gasteiger partial charge in [0.1, 0.15) is 0 Å². The van der Waals surface area contributed by atoms with Crippen LogP contribution in [-0.2, 0) is 34.8 Å². The van der Waals surface area contributed by atoms with E-state index < -0.39 is 44.4 Å². The number of nitrogens with zero attached hydrogens (tertiary/aromatic N) is 1. The maximum Gasteiger partial charge on any atom is 0.340 e. The number of likely N-dealkylation sites (N-methyl/N-ethyl adjacent to an activating group) is 1. The van der Waals surface area contributed by atoms with Gasteiger partial charge in [0.05, 0.1) is 27.7 Å². The Bertz CT molecular complexity index is 1380. The summed E-state index contributed by atoms with van der Waals surface area (Å²) >= 11 is 0. The lowest BCUT2D eigenvalue weighted by molar-refractivity contribution is -0.134. The van der Waals surface area contributed by atoms with Crippen LogP contribution in [0.3, 0.4) is 0 Å². The molecule has 1 aliphatic rings. The number of carbonyl (C=O) groups is 2. The molecule has 1 fully saturated rings. The molecule has 0 aromatic heterocycles. The first-order valence-corrected chi connectivity index (χ1v) is 14.8. The molecule has 2 aromatic carbocycles. The van der Waals surface area contributed by atoms with E-state index in [1.165, 1.54) is 24.1 Å². The summed E-state index contributed by atoms with van der Waals surface area (Å²) in [6.45, 7) is 7.05. The minimum atomic E-state index is -4.04. The summed E-state index contributed by atoms with van der Waals surface area (Å²) in [6.07, 6.45) is 0.332. The third-order valence-electron chi connectivity index (χ3n) is 6.21. The first kappa shape index (κ1) is 27.7. The van der Waals surface area contributed by atoms with Crippen molar-refractivity contribution in [1.29, 1.82) is 0 Å². The van der Waals surface area contributed by atoms with Gasteiger partial charge in [-0.05, 0) is 48.1 Å². The van der Waals surface area contributed by atoms with E-state index in [1.807, 2.05) is 26.8 Å². The minimum absolute atomic E-state index is 0.0146. The van der Waals surface area contributed by atoms with E-state index in [2.05, 4.69) is 4.72 Å². The first-order valence-electron chi connectivity index (χ1n) is 11.5. The van der Waals surface area contributed by atoms with Crippen molar-refractivity contribution >= 4 is 37.4 Å². The predicted octanol–water partition coefficient (Wildman–Crippen LogP) is 2.90. The first-order chi connectivity index (χ1) is 16.6. The average molecular weight is 537 g/mol. The van der Waals surface area contributed by atoms with Gasteiger partial charge in [-0.1, -0.05) is 45.0 Å². The van der Waals surface area contributed by atoms with Gasteiger partial charge in [0, 0.05) is 13.1 Å². The zero-order chi connectivity index (χ0) is 26.9. The lowest BCUT2D eigenvalue weighted by Crippen LogP contribution is -2.40. The van der Waals surface area contributed by atoms with Crippen LogP contribution in [0.15, 0.2) is 47.4 Å². The largest absolute Gasteiger partial charge is 0.452 e. The number of esters is 1. The Labute approximate surface area is 212 Å². The molecule has 36 heavy (non-hydrogen) atoms. The number of hydrogen-bond acceptors (Lipinski definition) is 7. The van der Waals surface area contributed by atoms with Crippen LogP contribution in [0.5, 0.6) is 0 Å². The van der Waals surface area contributed by atoms with Gasteiger partial charge in [-0.3, -0.25) is 9.52 Å². The highest BCUT2D eigenvalue weighted by Gasteiger charge is 2.33. The van der Waals surface area contributed by atoms with Crippen molar-refractivity contribution in [3.63, 3.8) is 0 Å². The molecular weight excluding hydrogens is 504 g/mol. The van der Waals surface area contributed by atoms with Gasteiger partial charge in [-0.15, -0.1) is 0 Å². The van der Waals surface area contributed by atoms with Crippen molar-refractivity contribution in [3.8, 4) is 0 Å². The van der Waals surface area contributed by atoms with Gasteiger partial charge in [0.25, 0.3) is 15.9 Å². The number of para-hydroxylation sites is 1. The molecule has 9 nitrogen and oxygen atoms in total. The summed E-state index contributed by atoms with van der Waals surface area (Å²) in [7, 11) is -5.74. The molecule has 1 saturated heterocycles. The molecule has 196 valence electrons. The normalized spacial score (nSPS) is 17.4. The summed E-state index contributed by atoms with van der Waals surface area (Å²) in [5, 5.41) is 0. The van der Waals surface area contributed by atoms with Crippen LogP contribution < -0.4 is 4.72 Å². The second-order valence-corrected chi connectivity index (χ2v) is 13.9. The molecule has 1 amide bonds. The Hall–Kier alpha value is -2.92. The molecule has 0 spiro atoms. The highest BCUT2D eigenvalue weighted by atomic mass is 32.2. The van der Waals surface area contributed by atoms with Gasteiger partial charge < -0.3 is 9.64 Å². The minimum Gasteiger partial charge on any atom is -0.452 e. The topological polar surface area (TPSA) is 127 Å². The summed E-state index contributed by atoms with van der Waals surface area (Å²) in [5.74, 6) is -1.53. The van der Waals surface area contributed by atoms with Crippen LogP contribution >= 0.6 is 0 Å². The molecule has 0 radical (unpaired) electrons. The van der Waals surface area contributed by atoms with Crippen LogP contribution in [-0.4, -0.2) is 64.8 Å². The lowest BCUT2D eigenvalue weighted by atomic mass is 9.87. The molecule has 1 N–H and O–H groups in total. The van der Waals surface area contributed by atoms with Crippen molar-refractivity contribution in [2.24, 2.45) is 0 Å². The average Bonchev–Trinajstić information content (AvgIpc) is 3.15. The van der Waals surface area contributed by atoms with E-state index in [1.54, 1.807) is 31.2 Å². The Morgan fingerprint density at radius 2 is 1.81 bits per heavy atom. The summed E-state index contributed by atoms with van der Waals surface area (Å²) in [5.41, 5.74) is 1.11. The molecule has 11 heteroatoms. The second kappa shape index (κ2) is 10.2. The van der Waals surface area contributed by atoms with Crippen molar-refractivity contribution < 1.29 is 31.2 Å². The molecule has 1 atom stereocenters. The number of aryl methyl sites for hydroxylation is 1. The standard InChI is InChI=1S/C25H32N2O7S2/c1-17-10-11-18(25(2,3)4)14-22(17)36(32,33)26-21-9-7-6-8-20(21)24(29)34-15-23(28)27(5)19-12-13-35(30,31)16-19/h6-11,14,19,26H,12-13,15-16H2,1-5H3/t19-/m1/s1. The van der Waals surface area contributed by atoms with E-state index in [0.717, 1.165) is 5.56 Å². The predicted molar refractivity (Wildman–Crippen MR) is 137 cm³/mol. The molecule has 0 saturated carbocycles. The molecule has 1 heterocycles. The van der Waals surface area contributed by atoms with Crippen LogP contribution in [0.1, 0.15) is 48.7 Å². The monoisotopic (exact) mass is 536 g/mol. The van der Waals surface area contributed by atoms with Gasteiger partial charge in [-0.25, -0.2) is 21.6 Å². The van der Waals surface area contributed by atoms with Crippen LogP contribution in [0.25, 0.3) is 0 Å². The SMILES string of the molecule is Cc1ccc(C(C)(C)C)cc1S(=O)(=O)Nc1ccccc1C(=O)OCC(=O)N(C)[C@@H]1CCS(=O)(=O)C1. The molecule has 0 aliphatic carbocycles. The Balaban J connectivity index is 1.76. The Morgan fingerprint density at radius 3 is 2.42 bits per heavy atom. The van der Waals surface area contributed by atoms with Crippen molar-refractivity contribution in [3.05, 3.63) is 59.2 Å². The highest BCUT2D eigenvalue weighted by molar-refractivity contribution is 7.92. The maximum absolute atomic E-state index is 13.3. The van der Waals surface area contributed by atoms with Gasteiger partial charge in [-0.2, -0.15) is 0 Å². The summed E-state index contributed by atoms with van der Waals surface area (Å²) in [6, 6.07) is 10.7. The quantitative estimate of drug-likeness (QED) is 0.539. The molecule has 2 aromatic rings. The number of sulfone groups is 1. The smallest absolute Gasteiger partial charge is 0.340 e. The fraction of sp³-hybridized carbons (Fsp3) is 0.440. The zero-order valence-electron chi connectivity index (χ0n) is 21.1. The van der Waals surface area contributed by atoms with Crippen molar-refractivity contribution in [2.75, 3.05) is 29.9 Å². The third kappa shape index (κ3) is 6.44. The number of anilines is 1. The fourth-order valence-corrected chi connectivity index (χ4v) is 7.02. The van der Waals surface area contributed by atoms with Gasteiger partial charge in [0.15, 0.2) is 16.4 Å². The lowest BCUT2D eigenvalue weighted by Gasteiger charge is -2.23. The number of ether oxygens (including phenoxy) is 1. The van der Waals surface area contributed by atoms with Crippen molar-refractivity contribution in [1.82, 2.24) is 4.90 Å². The number of hydrogen-bond donors (Lipinski definition) is 1. The number of nitrogens with one attached hydrogen (secondary N) is 1. The third-order valence-corrected chi connectivity index (χ3v) is 9.47. The van der Waals surface area contributed by atoms with Gasteiger partial charge >= 0.3 is 5.97 Å². The van der Waals surface area contributed by atoms with Crippen molar-refractivity contribution in [2.45, 2.75) is 50.5 Å². The Morgan fingerprint density at radius 1 is 1.14 bits per heavy atom. The molecular formula is C25H32N2O7S2. The number of carbonyl (C=O) groups excluding carboxylic acids is 2. The van der Waals surface area contributed by atoms with Crippen LogP contribution in [0.4, 0.5) is 5.69 Å². The number of benzene rings is 2. The maximum atomic E-state index is 13.3. The van der Waals surface area contributed by atoms with Crippen LogP contribution in [0.2, 0.25) is 0 Å². The summed E-state index contributed by atoms with van der Waals surface area (Å²) < 4.78 is 57.5. The van der Waals surface area contributed by atoms with E-state index >= 15 is 0 Å². The fourth-order valence-electron chi connectivity index (χ4n) is 3.90. The molecule has 0 bridgehead atoms. The van der Waals surface area contributed by atoms with E-state index in [9.17, 15) is 26.4 Å². The molecule has 0 unspecified atom stereocenters. The van der Waals surface area contributed by atoms with Gasteiger partial charge in [0.2, 0.25) is 0 Å². The molecule has 3 rings (SSSR count). The number of amides is 1. The van der Waals surface area contributed by atoms with E-state index in [-0.39, 0.29) is 33.1 Å². The second-order valence-electron chi connectivity index (χ2n) is 10.0.